The first kappa shape index (κ1) is 15.8. The van der Waals surface area contributed by atoms with Crippen molar-refractivity contribution in [1.29, 1.82) is 5.26 Å². The molecule has 0 bridgehead atoms. The van der Waals surface area contributed by atoms with Gasteiger partial charge in [0.15, 0.2) is 0 Å². The second kappa shape index (κ2) is 5.52. The predicted octanol–water partition coefficient (Wildman–Crippen LogP) is 2.86. The van der Waals surface area contributed by atoms with Gasteiger partial charge < -0.3 is 4.90 Å². The van der Waals surface area contributed by atoms with Crippen LogP contribution in [0.4, 0.5) is 10.1 Å². The van der Waals surface area contributed by atoms with Gasteiger partial charge in [-0.2, -0.15) is 5.26 Å². The van der Waals surface area contributed by atoms with E-state index in [1.54, 1.807) is 0 Å². The lowest BCUT2D eigenvalue weighted by Crippen LogP contribution is -2.40. The van der Waals surface area contributed by atoms with Crippen molar-refractivity contribution < 1.29 is 14.0 Å². The number of nitriles is 1. The molecule has 5 rings (SSSR count). The monoisotopic (exact) mass is 359 g/mol. The van der Waals surface area contributed by atoms with Crippen LogP contribution in [-0.2, 0) is 9.59 Å². The van der Waals surface area contributed by atoms with Gasteiger partial charge in [0.05, 0.1) is 29.6 Å². The van der Waals surface area contributed by atoms with E-state index in [0.29, 0.717) is 5.69 Å². The van der Waals surface area contributed by atoms with Gasteiger partial charge in [-0.15, -0.1) is 0 Å². The number of hydrogen-bond donors (Lipinski definition) is 0. The maximum absolute atomic E-state index is 13.3. The molecule has 0 aliphatic carbocycles. The molecule has 27 heavy (non-hydrogen) atoms. The Morgan fingerprint density at radius 1 is 0.963 bits per heavy atom. The average molecular weight is 359 g/mol. The SMILES string of the molecule is N#C[C@H]1[C@@H]2C(=O)N(c3ccc(F)cc3)C(=O)[C@@H]2[C@@H]2c3ccccc3C=CN12. The number of halogens is 1. The summed E-state index contributed by atoms with van der Waals surface area (Å²) in [6, 6.07) is 14.1. The van der Waals surface area contributed by atoms with Gasteiger partial charge in [-0.05, 0) is 41.5 Å². The average Bonchev–Trinajstić information content (AvgIpc) is 3.15. The quantitative estimate of drug-likeness (QED) is 0.735. The molecule has 2 saturated heterocycles. The molecule has 3 aliphatic heterocycles. The molecule has 132 valence electrons. The molecule has 3 aliphatic rings. The third-order valence-corrected chi connectivity index (χ3v) is 5.68. The van der Waals surface area contributed by atoms with Crippen LogP contribution in [0.2, 0.25) is 0 Å². The first-order valence-electron chi connectivity index (χ1n) is 8.69. The van der Waals surface area contributed by atoms with E-state index in [1.807, 2.05) is 41.4 Å². The van der Waals surface area contributed by atoms with Gasteiger partial charge >= 0.3 is 0 Å². The van der Waals surface area contributed by atoms with Crippen molar-refractivity contribution in [2.45, 2.75) is 12.1 Å². The van der Waals surface area contributed by atoms with Crippen molar-refractivity contribution >= 4 is 23.6 Å². The smallest absolute Gasteiger partial charge is 0.240 e. The van der Waals surface area contributed by atoms with Crippen LogP contribution in [0, 0.1) is 29.0 Å². The van der Waals surface area contributed by atoms with E-state index < -0.39 is 29.6 Å². The summed E-state index contributed by atoms with van der Waals surface area (Å²) in [6.07, 6.45) is 3.71. The Morgan fingerprint density at radius 2 is 1.67 bits per heavy atom. The molecule has 0 N–H and O–H groups in total. The minimum absolute atomic E-state index is 0.337. The van der Waals surface area contributed by atoms with Gasteiger partial charge in [-0.1, -0.05) is 24.3 Å². The zero-order valence-corrected chi connectivity index (χ0v) is 14.1. The molecule has 5 nitrogen and oxygen atoms in total. The van der Waals surface area contributed by atoms with E-state index in [4.69, 9.17) is 0 Å². The van der Waals surface area contributed by atoms with E-state index >= 15 is 0 Å². The maximum Gasteiger partial charge on any atom is 0.240 e. The van der Waals surface area contributed by atoms with E-state index in [1.165, 1.54) is 24.3 Å². The highest BCUT2D eigenvalue weighted by Gasteiger charge is 2.63. The van der Waals surface area contributed by atoms with Crippen LogP contribution in [0.25, 0.3) is 6.08 Å². The zero-order valence-electron chi connectivity index (χ0n) is 14.1. The fourth-order valence-corrected chi connectivity index (χ4v) is 4.55. The number of nitrogens with zero attached hydrogens (tertiary/aromatic N) is 3. The largest absolute Gasteiger partial charge is 0.353 e. The highest BCUT2D eigenvalue weighted by atomic mass is 19.1. The van der Waals surface area contributed by atoms with Crippen molar-refractivity contribution in [3.63, 3.8) is 0 Å². The summed E-state index contributed by atoms with van der Waals surface area (Å²) in [5, 5.41) is 9.74. The summed E-state index contributed by atoms with van der Waals surface area (Å²) in [7, 11) is 0. The van der Waals surface area contributed by atoms with Crippen molar-refractivity contribution in [2.75, 3.05) is 4.90 Å². The molecular formula is C21H14FN3O2. The van der Waals surface area contributed by atoms with Gasteiger partial charge in [0.25, 0.3) is 0 Å². The molecule has 2 aromatic rings. The number of hydrogen-bond acceptors (Lipinski definition) is 4. The Labute approximate surface area is 154 Å². The molecule has 0 radical (unpaired) electrons. The number of carbonyl (C=O) groups is 2. The second-order valence-electron chi connectivity index (χ2n) is 6.95. The van der Waals surface area contributed by atoms with Gasteiger partial charge in [0, 0.05) is 6.20 Å². The van der Waals surface area contributed by atoms with Gasteiger partial charge in [-0.3, -0.25) is 9.59 Å². The topological polar surface area (TPSA) is 64.4 Å². The van der Waals surface area contributed by atoms with Gasteiger partial charge in [0.1, 0.15) is 11.9 Å². The van der Waals surface area contributed by atoms with Crippen molar-refractivity contribution in [2.24, 2.45) is 11.8 Å². The number of anilines is 1. The Balaban J connectivity index is 1.63. The molecule has 0 aromatic heterocycles. The summed E-state index contributed by atoms with van der Waals surface area (Å²) >= 11 is 0. The normalized spacial score (nSPS) is 28.0. The van der Waals surface area contributed by atoms with E-state index in [2.05, 4.69) is 6.07 Å². The maximum atomic E-state index is 13.3. The van der Waals surface area contributed by atoms with Gasteiger partial charge in [0.2, 0.25) is 11.8 Å². The number of imide groups is 1. The molecule has 2 fully saturated rings. The first-order chi connectivity index (χ1) is 13.1. The molecule has 2 aromatic carbocycles. The van der Waals surface area contributed by atoms with E-state index in [0.717, 1.165) is 16.0 Å². The second-order valence-corrected chi connectivity index (χ2v) is 6.95. The lowest BCUT2D eigenvalue weighted by Gasteiger charge is -2.33. The molecular weight excluding hydrogens is 345 g/mol. The number of rotatable bonds is 1. The molecule has 6 heteroatoms. The molecule has 4 atom stereocenters. The highest BCUT2D eigenvalue weighted by Crippen LogP contribution is 2.52. The molecule has 0 spiro atoms. The standard InChI is InChI=1S/C21H14FN3O2/c22-13-5-7-14(8-6-13)25-20(26)17-16(11-23)24-10-9-12-3-1-2-4-15(12)19(24)18(17)21(25)27/h1-10,16-19H/t16-,17-,18-,19-/m0/s1. The van der Waals surface area contributed by atoms with Crippen LogP contribution < -0.4 is 4.90 Å². The first-order valence-corrected chi connectivity index (χ1v) is 8.69. The minimum Gasteiger partial charge on any atom is -0.353 e. The van der Waals surface area contributed by atoms with Crippen LogP contribution in [0.5, 0.6) is 0 Å². The van der Waals surface area contributed by atoms with Crippen LogP contribution >= 0.6 is 0 Å². The number of fused-ring (bicyclic) bond motifs is 5. The Morgan fingerprint density at radius 3 is 2.41 bits per heavy atom. The number of benzene rings is 2. The number of carbonyl (C=O) groups excluding carboxylic acids is 2. The summed E-state index contributed by atoms with van der Waals surface area (Å²) < 4.78 is 13.3. The third kappa shape index (κ3) is 2.02. The Bertz CT molecular complexity index is 1040. The third-order valence-electron chi connectivity index (χ3n) is 5.68. The Hall–Kier alpha value is -3.46. The van der Waals surface area contributed by atoms with Crippen molar-refractivity contribution in [1.82, 2.24) is 4.90 Å². The summed E-state index contributed by atoms with van der Waals surface area (Å²) in [6.45, 7) is 0. The van der Waals surface area contributed by atoms with Crippen LogP contribution in [-0.4, -0.2) is 22.8 Å². The minimum atomic E-state index is -0.742. The molecule has 2 amide bonds. The van der Waals surface area contributed by atoms with Crippen molar-refractivity contribution in [3.8, 4) is 6.07 Å². The summed E-state index contributed by atoms with van der Waals surface area (Å²) in [5.41, 5.74) is 2.26. The molecule has 0 unspecified atom stereocenters. The summed E-state index contributed by atoms with van der Waals surface area (Å²) in [5.74, 6) is -2.56. The van der Waals surface area contributed by atoms with E-state index in [9.17, 15) is 19.2 Å². The lowest BCUT2D eigenvalue weighted by atomic mass is 9.85. The van der Waals surface area contributed by atoms with Crippen LogP contribution in [0.1, 0.15) is 17.2 Å². The van der Waals surface area contributed by atoms with Crippen molar-refractivity contribution in [3.05, 3.63) is 71.7 Å². The molecule has 3 heterocycles. The highest BCUT2D eigenvalue weighted by molar-refractivity contribution is 6.23. The molecule has 0 saturated carbocycles. The zero-order chi connectivity index (χ0) is 18.7. The van der Waals surface area contributed by atoms with Crippen LogP contribution in [0.3, 0.4) is 0 Å². The van der Waals surface area contributed by atoms with Gasteiger partial charge in [-0.25, -0.2) is 9.29 Å². The Kier molecular flexibility index (Phi) is 3.22. The fraction of sp³-hybridized carbons (Fsp3) is 0.190. The number of amides is 2. The lowest BCUT2D eigenvalue weighted by molar-refractivity contribution is -0.123. The predicted molar refractivity (Wildman–Crippen MR) is 95.3 cm³/mol. The van der Waals surface area contributed by atoms with Crippen LogP contribution in [0.15, 0.2) is 54.7 Å². The fourth-order valence-electron chi connectivity index (χ4n) is 4.55. The van der Waals surface area contributed by atoms with E-state index in [-0.39, 0.29) is 11.9 Å². The summed E-state index contributed by atoms with van der Waals surface area (Å²) in [4.78, 5) is 29.3.